The Morgan fingerprint density at radius 1 is 1.05 bits per heavy atom. The topological polar surface area (TPSA) is 26.0 Å². The molecule has 0 aromatic heterocycles. The van der Waals surface area contributed by atoms with Crippen molar-refractivity contribution in [3.05, 3.63) is 71.0 Å². The van der Waals surface area contributed by atoms with Gasteiger partial charge in [0.1, 0.15) is 5.82 Å². The SMILES string of the molecule is CCC(CC)(c1ccccc1)C(N)c1ccc(F)cc1C. The molecular formula is C19H24FN. The molecule has 0 saturated carbocycles. The Morgan fingerprint density at radius 3 is 2.19 bits per heavy atom. The molecule has 2 aromatic carbocycles. The predicted octanol–water partition coefficient (Wildman–Crippen LogP) is 4.89. The molecule has 0 radical (unpaired) electrons. The van der Waals surface area contributed by atoms with Crippen LogP contribution in [0.15, 0.2) is 48.5 Å². The minimum Gasteiger partial charge on any atom is -0.323 e. The highest BCUT2D eigenvalue weighted by molar-refractivity contribution is 5.37. The lowest BCUT2D eigenvalue weighted by molar-refractivity contribution is 0.321. The highest BCUT2D eigenvalue weighted by Gasteiger charge is 2.36. The summed E-state index contributed by atoms with van der Waals surface area (Å²) >= 11 is 0. The molecule has 0 amide bonds. The number of hydrogen-bond acceptors (Lipinski definition) is 1. The van der Waals surface area contributed by atoms with Crippen LogP contribution in [0.1, 0.15) is 49.4 Å². The monoisotopic (exact) mass is 285 g/mol. The van der Waals surface area contributed by atoms with E-state index in [1.807, 2.05) is 19.1 Å². The molecule has 1 atom stereocenters. The van der Waals surface area contributed by atoms with E-state index in [0.29, 0.717) is 0 Å². The normalized spacial score (nSPS) is 13.2. The van der Waals surface area contributed by atoms with Gasteiger partial charge in [0.2, 0.25) is 0 Å². The molecule has 21 heavy (non-hydrogen) atoms. The average molecular weight is 285 g/mol. The molecule has 2 aromatic rings. The molecule has 0 heterocycles. The van der Waals surface area contributed by atoms with Crippen LogP contribution in [0.3, 0.4) is 0 Å². The van der Waals surface area contributed by atoms with E-state index in [0.717, 1.165) is 24.0 Å². The Balaban J connectivity index is 2.52. The number of benzene rings is 2. The summed E-state index contributed by atoms with van der Waals surface area (Å²) in [5.74, 6) is -0.207. The van der Waals surface area contributed by atoms with Crippen LogP contribution in [0.25, 0.3) is 0 Å². The van der Waals surface area contributed by atoms with E-state index in [2.05, 4.69) is 38.1 Å². The first kappa shape index (κ1) is 15.7. The molecule has 2 N–H and O–H groups in total. The van der Waals surface area contributed by atoms with Gasteiger partial charge < -0.3 is 5.73 Å². The Bertz CT molecular complexity index is 588. The fourth-order valence-electron chi connectivity index (χ4n) is 3.33. The third-order valence-electron chi connectivity index (χ3n) is 4.77. The second kappa shape index (κ2) is 6.40. The molecule has 112 valence electrons. The number of rotatable bonds is 5. The van der Waals surface area contributed by atoms with Crippen molar-refractivity contribution in [2.75, 3.05) is 0 Å². The quantitative estimate of drug-likeness (QED) is 0.831. The smallest absolute Gasteiger partial charge is 0.123 e. The lowest BCUT2D eigenvalue weighted by atomic mass is 9.68. The molecule has 0 saturated heterocycles. The first-order valence-electron chi connectivity index (χ1n) is 7.62. The van der Waals surface area contributed by atoms with Crippen molar-refractivity contribution in [1.29, 1.82) is 0 Å². The maximum absolute atomic E-state index is 13.4. The maximum atomic E-state index is 13.4. The van der Waals surface area contributed by atoms with Crippen molar-refractivity contribution in [2.24, 2.45) is 5.73 Å². The van der Waals surface area contributed by atoms with E-state index >= 15 is 0 Å². The molecule has 0 fully saturated rings. The van der Waals surface area contributed by atoms with E-state index in [4.69, 9.17) is 5.73 Å². The standard InChI is InChI=1S/C19H24FN/c1-4-19(5-2,15-9-7-6-8-10-15)18(21)17-12-11-16(20)13-14(17)3/h6-13,18H,4-5,21H2,1-3H3. The van der Waals surface area contributed by atoms with Gasteiger partial charge in [0.25, 0.3) is 0 Å². The number of hydrogen-bond donors (Lipinski definition) is 1. The summed E-state index contributed by atoms with van der Waals surface area (Å²) in [5, 5.41) is 0. The van der Waals surface area contributed by atoms with Gasteiger partial charge in [-0.25, -0.2) is 4.39 Å². The second-order valence-corrected chi connectivity index (χ2v) is 5.71. The lowest BCUT2D eigenvalue weighted by Gasteiger charge is -2.39. The fourth-order valence-corrected chi connectivity index (χ4v) is 3.33. The number of nitrogens with two attached hydrogens (primary N) is 1. The first-order valence-corrected chi connectivity index (χ1v) is 7.62. The van der Waals surface area contributed by atoms with Crippen molar-refractivity contribution in [1.82, 2.24) is 0 Å². The van der Waals surface area contributed by atoms with Crippen LogP contribution < -0.4 is 5.73 Å². The zero-order chi connectivity index (χ0) is 15.5. The molecule has 2 rings (SSSR count). The molecule has 2 heteroatoms. The summed E-state index contributed by atoms with van der Waals surface area (Å²) in [6, 6.07) is 15.2. The van der Waals surface area contributed by atoms with E-state index in [-0.39, 0.29) is 17.3 Å². The van der Waals surface area contributed by atoms with Crippen LogP contribution in [0, 0.1) is 12.7 Å². The van der Waals surface area contributed by atoms with E-state index in [1.54, 1.807) is 6.07 Å². The van der Waals surface area contributed by atoms with Gasteiger partial charge in [-0.2, -0.15) is 0 Å². The van der Waals surface area contributed by atoms with E-state index in [1.165, 1.54) is 11.6 Å². The predicted molar refractivity (Wildman–Crippen MR) is 86.8 cm³/mol. The highest BCUT2D eigenvalue weighted by atomic mass is 19.1. The van der Waals surface area contributed by atoms with Crippen molar-refractivity contribution in [3.63, 3.8) is 0 Å². The van der Waals surface area contributed by atoms with Crippen LogP contribution in [-0.2, 0) is 5.41 Å². The highest BCUT2D eigenvalue weighted by Crippen LogP contribution is 2.42. The van der Waals surface area contributed by atoms with Crippen LogP contribution >= 0.6 is 0 Å². The largest absolute Gasteiger partial charge is 0.323 e. The van der Waals surface area contributed by atoms with Gasteiger partial charge in [-0.05, 0) is 48.6 Å². The number of aryl methyl sites for hydroxylation is 1. The minimum atomic E-state index is -0.207. The van der Waals surface area contributed by atoms with Crippen LogP contribution in [0.5, 0.6) is 0 Å². The molecular weight excluding hydrogens is 261 g/mol. The summed E-state index contributed by atoms with van der Waals surface area (Å²) in [6.07, 6.45) is 1.90. The van der Waals surface area contributed by atoms with Gasteiger partial charge in [-0.1, -0.05) is 50.2 Å². The number of halogens is 1. The Morgan fingerprint density at radius 2 is 1.67 bits per heavy atom. The van der Waals surface area contributed by atoms with Gasteiger partial charge in [0.15, 0.2) is 0 Å². The van der Waals surface area contributed by atoms with Crippen molar-refractivity contribution < 1.29 is 4.39 Å². The molecule has 1 unspecified atom stereocenters. The molecule has 1 nitrogen and oxygen atoms in total. The summed E-state index contributed by atoms with van der Waals surface area (Å²) in [5.41, 5.74) is 9.74. The summed E-state index contributed by atoms with van der Waals surface area (Å²) in [7, 11) is 0. The zero-order valence-electron chi connectivity index (χ0n) is 13.1. The first-order chi connectivity index (χ1) is 10.0. The molecule has 0 aliphatic carbocycles. The van der Waals surface area contributed by atoms with Crippen LogP contribution in [0.4, 0.5) is 4.39 Å². The van der Waals surface area contributed by atoms with E-state index in [9.17, 15) is 4.39 Å². The van der Waals surface area contributed by atoms with Crippen molar-refractivity contribution >= 4 is 0 Å². The van der Waals surface area contributed by atoms with Gasteiger partial charge in [-0.3, -0.25) is 0 Å². The maximum Gasteiger partial charge on any atom is 0.123 e. The molecule has 0 spiro atoms. The summed E-state index contributed by atoms with van der Waals surface area (Å²) in [6.45, 7) is 6.28. The minimum absolute atomic E-state index is 0.121. The third-order valence-corrected chi connectivity index (χ3v) is 4.77. The van der Waals surface area contributed by atoms with Crippen molar-refractivity contribution in [3.8, 4) is 0 Å². The third kappa shape index (κ3) is 2.86. The summed E-state index contributed by atoms with van der Waals surface area (Å²) in [4.78, 5) is 0. The zero-order valence-corrected chi connectivity index (χ0v) is 13.1. The van der Waals surface area contributed by atoms with Gasteiger partial charge in [0.05, 0.1) is 0 Å². The average Bonchev–Trinajstić information content (AvgIpc) is 2.50. The molecule has 0 aliphatic heterocycles. The lowest BCUT2D eigenvalue weighted by Crippen LogP contribution is -2.38. The Kier molecular flexibility index (Phi) is 4.79. The molecule has 0 bridgehead atoms. The van der Waals surface area contributed by atoms with Gasteiger partial charge >= 0.3 is 0 Å². The van der Waals surface area contributed by atoms with Crippen LogP contribution in [0.2, 0.25) is 0 Å². The van der Waals surface area contributed by atoms with Crippen molar-refractivity contribution in [2.45, 2.75) is 45.1 Å². The summed E-state index contributed by atoms with van der Waals surface area (Å²) < 4.78 is 13.4. The van der Waals surface area contributed by atoms with E-state index < -0.39 is 0 Å². The van der Waals surface area contributed by atoms with Crippen LogP contribution in [-0.4, -0.2) is 0 Å². The Hall–Kier alpha value is -1.67. The second-order valence-electron chi connectivity index (χ2n) is 5.71. The Labute approximate surface area is 127 Å². The van der Waals surface area contributed by atoms with Gasteiger partial charge in [-0.15, -0.1) is 0 Å². The molecule has 0 aliphatic rings. The van der Waals surface area contributed by atoms with Gasteiger partial charge in [0, 0.05) is 11.5 Å². The fraction of sp³-hybridized carbons (Fsp3) is 0.368.